The van der Waals surface area contributed by atoms with Crippen LogP contribution in [0.2, 0.25) is 0 Å². The zero-order valence-electron chi connectivity index (χ0n) is 13.7. The van der Waals surface area contributed by atoms with Crippen LogP contribution in [0.3, 0.4) is 0 Å². The Labute approximate surface area is 145 Å². The molecule has 1 saturated heterocycles. The number of fused-ring (bicyclic) bond motifs is 1. The van der Waals surface area contributed by atoms with E-state index in [1.807, 2.05) is 24.4 Å². The molecular formula is C20H17N3O2. The summed E-state index contributed by atoms with van der Waals surface area (Å²) in [6.07, 6.45) is 3.73. The molecule has 1 aromatic heterocycles. The summed E-state index contributed by atoms with van der Waals surface area (Å²) in [4.78, 5) is 23.1. The molecule has 3 amide bonds. The second-order valence-electron chi connectivity index (χ2n) is 6.18. The summed E-state index contributed by atoms with van der Waals surface area (Å²) in [7, 11) is 0. The van der Waals surface area contributed by atoms with Gasteiger partial charge < -0.3 is 9.88 Å². The van der Waals surface area contributed by atoms with Crippen LogP contribution in [0.1, 0.15) is 16.7 Å². The Kier molecular flexibility index (Phi) is 3.61. The van der Waals surface area contributed by atoms with Crippen molar-refractivity contribution in [3.8, 4) is 0 Å². The molecule has 0 radical (unpaired) electrons. The lowest BCUT2D eigenvalue weighted by Gasteiger charge is -2.06. The maximum atomic E-state index is 11.8. The highest BCUT2D eigenvalue weighted by molar-refractivity contribution is 6.14. The van der Waals surface area contributed by atoms with Crippen molar-refractivity contribution in [2.75, 3.05) is 0 Å². The Balaban J connectivity index is 1.78. The summed E-state index contributed by atoms with van der Waals surface area (Å²) in [6.45, 7) is 2.82. The minimum atomic E-state index is -0.486. The van der Waals surface area contributed by atoms with Gasteiger partial charge in [-0.15, -0.1) is 0 Å². The van der Waals surface area contributed by atoms with Crippen LogP contribution in [0.15, 0.2) is 60.4 Å². The highest BCUT2D eigenvalue weighted by Crippen LogP contribution is 2.25. The molecular weight excluding hydrogens is 314 g/mol. The topological polar surface area (TPSA) is 63.1 Å². The number of hydrogen-bond donors (Lipinski definition) is 2. The predicted octanol–water partition coefficient (Wildman–Crippen LogP) is 3.18. The molecule has 0 aliphatic carbocycles. The summed E-state index contributed by atoms with van der Waals surface area (Å²) in [5.74, 6) is -0.402. The minimum Gasteiger partial charge on any atom is -0.342 e. The Hall–Kier alpha value is -3.34. The van der Waals surface area contributed by atoms with Gasteiger partial charge in [-0.05, 0) is 24.6 Å². The number of para-hydroxylation sites is 1. The average Bonchev–Trinajstić information content (AvgIpc) is 3.08. The predicted molar refractivity (Wildman–Crippen MR) is 96.9 cm³/mol. The average molecular weight is 331 g/mol. The quantitative estimate of drug-likeness (QED) is 0.572. The molecule has 1 fully saturated rings. The van der Waals surface area contributed by atoms with E-state index in [1.165, 1.54) is 11.1 Å². The van der Waals surface area contributed by atoms with E-state index in [9.17, 15) is 9.59 Å². The van der Waals surface area contributed by atoms with Gasteiger partial charge in [0.15, 0.2) is 0 Å². The SMILES string of the molecule is Cc1cccc(Cn2cc(/C=C3\NC(=O)NC3=O)c3ccccc32)c1. The van der Waals surface area contributed by atoms with Crippen molar-refractivity contribution in [2.24, 2.45) is 0 Å². The second-order valence-corrected chi connectivity index (χ2v) is 6.18. The first-order valence-electron chi connectivity index (χ1n) is 8.07. The third-order valence-electron chi connectivity index (χ3n) is 4.27. The van der Waals surface area contributed by atoms with Crippen molar-refractivity contribution < 1.29 is 9.59 Å². The van der Waals surface area contributed by atoms with E-state index < -0.39 is 11.9 Å². The lowest BCUT2D eigenvalue weighted by atomic mass is 10.1. The molecule has 1 aliphatic heterocycles. The lowest BCUT2D eigenvalue weighted by Crippen LogP contribution is -2.22. The number of nitrogens with one attached hydrogen (secondary N) is 2. The van der Waals surface area contributed by atoms with Crippen LogP contribution in [-0.4, -0.2) is 16.5 Å². The Morgan fingerprint density at radius 2 is 1.88 bits per heavy atom. The van der Waals surface area contributed by atoms with Crippen LogP contribution in [-0.2, 0) is 11.3 Å². The highest BCUT2D eigenvalue weighted by atomic mass is 16.2. The summed E-state index contributed by atoms with van der Waals surface area (Å²) < 4.78 is 2.16. The molecule has 0 unspecified atom stereocenters. The van der Waals surface area contributed by atoms with E-state index in [2.05, 4.69) is 52.5 Å². The van der Waals surface area contributed by atoms with Gasteiger partial charge in [-0.2, -0.15) is 0 Å². The smallest absolute Gasteiger partial charge is 0.326 e. The van der Waals surface area contributed by atoms with Crippen molar-refractivity contribution in [1.29, 1.82) is 0 Å². The summed E-state index contributed by atoms with van der Waals surface area (Å²) in [5, 5.41) is 5.80. The Morgan fingerprint density at radius 1 is 1.04 bits per heavy atom. The van der Waals surface area contributed by atoms with Gasteiger partial charge in [0.25, 0.3) is 5.91 Å². The largest absolute Gasteiger partial charge is 0.342 e. The van der Waals surface area contributed by atoms with Crippen LogP contribution in [0, 0.1) is 6.92 Å². The number of amides is 3. The van der Waals surface area contributed by atoms with Crippen molar-refractivity contribution in [2.45, 2.75) is 13.5 Å². The van der Waals surface area contributed by atoms with Crippen molar-refractivity contribution >= 4 is 28.9 Å². The Morgan fingerprint density at radius 3 is 2.64 bits per heavy atom. The zero-order valence-corrected chi connectivity index (χ0v) is 13.7. The molecule has 4 rings (SSSR count). The second kappa shape index (κ2) is 5.94. The van der Waals surface area contributed by atoms with Gasteiger partial charge in [0.2, 0.25) is 0 Å². The number of aryl methyl sites for hydroxylation is 1. The Bertz CT molecular complexity index is 1030. The molecule has 0 saturated carbocycles. The van der Waals surface area contributed by atoms with Crippen molar-refractivity contribution in [3.63, 3.8) is 0 Å². The van der Waals surface area contributed by atoms with Crippen LogP contribution < -0.4 is 10.6 Å². The fourth-order valence-corrected chi connectivity index (χ4v) is 3.17. The van der Waals surface area contributed by atoms with Gasteiger partial charge in [-0.1, -0.05) is 48.0 Å². The lowest BCUT2D eigenvalue weighted by molar-refractivity contribution is -0.115. The highest BCUT2D eigenvalue weighted by Gasteiger charge is 2.23. The summed E-state index contributed by atoms with van der Waals surface area (Å²) in [5.41, 5.74) is 4.69. The van der Waals surface area contributed by atoms with Crippen LogP contribution in [0.4, 0.5) is 4.79 Å². The fourth-order valence-electron chi connectivity index (χ4n) is 3.17. The first-order valence-corrected chi connectivity index (χ1v) is 8.07. The van der Waals surface area contributed by atoms with Gasteiger partial charge in [0, 0.05) is 29.2 Å². The van der Waals surface area contributed by atoms with Gasteiger partial charge in [0.1, 0.15) is 5.70 Å². The van der Waals surface area contributed by atoms with Crippen LogP contribution in [0.25, 0.3) is 17.0 Å². The molecule has 0 atom stereocenters. The molecule has 0 bridgehead atoms. The van der Waals surface area contributed by atoms with Gasteiger partial charge in [-0.25, -0.2) is 4.79 Å². The number of benzene rings is 2. The first-order chi connectivity index (χ1) is 12.1. The maximum absolute atomic E-state index is 11.8. The number of hydrogen-bond acceptors (Lipinski definition) is 2. The molecule has 5 heteroatoms. The molecule has 25 heavy (non-hydrogen) atoms. The molecule has 0 spiro atoms. The number of carbonyl (C=O) groups is 2. The fraction of sp³-hybridized carbons (Fsp3) is 0.100. The number of nitrogens with zero attached hydrogens (tertiary/aromatic N) is 1. The van der Waals surface area contributed by atoms with Gasteiger partial charge in [-0.3, -0.25) is 10.1 Å². The normalized spacial score (nSPS) is 15.6. The van der Waals surface area contributed by atoms with Gasteiger partial charge >= 0.3 is 6.03 Å². The molecule has 2 heterocycles. The maximum Gasteiger partial charge on any atom is 0.326 e. The number of urea groups is 1. The molecule has 2 N–H and O–H groups in total. The van der Waals surface area contributed by atoms with E-state index in [0.29, 0.717) is 0 Å². The summed E-state index contributed by atoms with van der Waals surface area (Å²) >= 11 is 0. The number of rotatable bonds is 3. The third kappa shape index (κ3) is 2.92. The third-order valence-corrected chi connectivity index (χ3v) is 4.27. The van der Waals surface area contributed by atoms with E-state index in [1.54, 1.807) is 6.08 Å². The number of aromatic nitrogens is 1. The minimum absolute atomic E-state index is 0.267. The molecule has 1 aliphatic rings. The van der Waals surface area contributed by atoms with Crippen LogP contribution in [0.5, 0.6) is 0 Å². The standard InChI is InChI=1S/C20H17N3O2/c1-13-5-4-6-14(9-13)11-23-12-15(16-7-2-3-8-18(16)23)10-17-19(24)22-20(25)21-17/h2-10,12H,11H2,1H3,(H2,21,22,24,25)/b17-10-. The molecule has 124 valence electrons. The van der Waals surface area contributed by atoms with E-state index >= 15 is 0 Å². The van der Waals surface area contributed by atoms with E-state index in [0.717, 1.165) is 23.0 Å². The number of carbonyl (C=O) groups excluding carboxylic acids is 2. The van der Waals surface area contributed by atoms with E-state index in [-0.39, 0.29) is 5.70 Å². The molecule has 5 nitrogen and oxygen atoms in total. The van der Waals surface area contributed by atoms with Crippen LogP contribution >= 0.6 is 0 Å². The molecule has 2 aromatic carbocycles. The number of imide groups is 1. The molecule has 3 aromatic rings. The zero-order chi connectivity index (χ0) is 17.4. The first kappa shape index (κ1) is 15.2. The van der Waals surface area contributed by atoms with Gasteiger partial charge in [0.05, 0.1) is 0 Å². The van der Waals surface area contributed by atoms with Crippen molar-refractivity contribution in [3.05, 3.63) is 77.1 Å². The van der Waals surface area contributed by atoms with Crippen molar-refractivity contribution in [1.82, 2.24) is 15.2 Å². The summed E-state index contributed by atoms with van der Waals surface area (Å²) in [6, 6.07) is 15.9. The monoisotopic (exact) mass is 331 g/mol. The van der Waals surface area contributed by atoms with E-state index in [4.69, 9.17) is 0 Å².